The van der Waals surface area contributed by atoms with Crippen LogP contribution in [0, 0.1) is 0 Å². The molecule has 0 aromatic heterocycles. The molecule has 0 aromatic carbocycles. The summed E-state index contributed by atoms with van der Waals surface area (Å²) in [6, 6.07) is -0.983. The first-order valence-corrected chi connectivity index (χ1v) is 33.6. The molecule has 3 saturated heterocycles. The maximum absolute atomic E-state index is 13.1. The third-order valence-corrected chi connectivity index (χ3v) is 17.0. The van der Waals surface area contributed by atoms with E-state index in [0.717, 1.165) is 51.4 Å². The van der Waals surface area contributed by atoms with Crippen LogP contribution in [0.15, 0.2) is 24.3 Å². The number of ether oxygens (including phenoxy) is 6. The maximum atomic E-state index is 13.1. The molecule has 0 radical (unpaired) electrons. The van der Waals surface area contributed by atoms with Crippen molar-refractivity contribution in [3.05, 3.63) is 24.3 Å². The van der Waals surface area contributed by atoms with Gasteiger partial charge in [-0.25, -0.2) is 0 Å². The minimum Gasteiger partial charge on any atom is -0.394 e. The number of carbonyl (C=O) groups is 1. The van der Waals surface area contributed by atoms with Crippen molar-refractivity contribution in [2.45, 2.75) is 356 Å². The summed E-state index contributed by atoms with van der Waals surface area (Å²) in [5.41, 5.74) is 0. The summed E-state index contributed by atoms with van der Waals surface area (Å²) >= 11 is 0. The first kappa shape index (κ1) is 76.5. The van der Waals surface area contributed by atoms with Crippen LogP contribution in [0.1, 0.15) is 251 Å². The van der Waals surface area contributed by atoms with Crippen LogP contribution in [0.2, 0.25) is 0 Å². The topological polar surface area (TPSA) is 307 Å². The van der Waals surface area contributed by atoms with Crippen LogP contribution in [0.25, 0.3) is 0 Å². The second-order valence-electron chi connectivity index (χ2n) is 24.3. The van der Waals surface area contributed by atoms with Gasteiger partial charge in [-0.05, 0) is 32.1 Å². The Hall–Kier alpha value is -1.73. The van der Waals surface area contributed by atoms with Gasteiger partial charge in [-0.15, -0.1) is 0 Å². The van der Waals surface area contributed by atoms with E-state index in [9.17, 15) is 61.0 Å². The number of nitrogens with one attached hydrogen (secondary N) is 1. The molecule has 0 aliphatic carbocycles. The molecule has 17 unspecified atom stereocenters. The fraction of sp³-hybridized carbons (Fsp3) is 0.923. The number of aliphatic hydroxyl groups excluding tert-OH is 11. The van der Waals surface area contributed by atoms with Crippen LogP contribution in [0.4, 0.5) is 0 Å². The normalized spacial score (nSPS) is 29.3. The molecule has 12 N–H and O–H groups in total. The molecule has 1 amide bonds. The summed E-state index contributed by atoms with van der Waals surface area (Å²) in [5, 5.41) is 120. The predicted octanol–water partition coefficient (Wildman–Crippen LogP) is 7.88. The lowest BCUT2D eigenvalue weighted by molar-refractivity contribution is -0.379. The molecule has 19 nitrogen and oxygen atoms in total. The van der Waals surface area contributed by atoms with Crippen molar-refractivity contribution >= 4 is 5.91 Å². The Kier molecular flexibility index (Phi) is 43.9. The number of carbonyl (C=O) groups excluding carboxylic acids is 1. The molecule has 19 heteroatoms. The van der Waals surface area contributed by atoms with Crippen LogP contribution < -0.4 is 5.32 Å². The van der Waals surface area contributed by atoms with Crippen molar-refractivity contribution in [3.8, 4) is 0 Å². The van der Waals surface area contributed by atoms with Gasteiger partial charge in [0.25, 0.3) is 0 Å². The fourth-order valence-electron chi connectivity index (χ4n) is 11.5. The molecule has 0 bridgehead atoms. The summed E-state index contributed by atoms with van der Waals surface area (Å²) < 4.78 is 34.1. The van der Waals surface area contributed by atoms with Gasteiger partial charge in [0.1, 0.15) is 73.2 Å². The number of rotatable bonds is 51. The molecular formula is C65H121NO18. The number of hydrogen-bond donors (Lipinski definition) is 12. The van der Waals surface area contributed by atoms with Gasteiger partial charge in [-0.3, -0.25) is 4.79 Å². The highest BCUT2D eigenvalue weighted by molar-refractivity contribution is 5.76. The standard InChI is InChI=1S/C65H121NO18/c1-3-5-7-9-11-12-13-14-15-16-17-18-19-20-21-22-23-24-25-26-27-28-29-30-31-32-33-34-35-36-37-38-40-42-49(70)48(66-53(71)43-41-39-10-8-6-4-2)47-79-63-59(77)56(74)61(51(45-68)81-63)84-65-60(78)57(75)62(52(46-69)82-65)83-64-58(76)55(73)54(72)50(44-67)80-64/h35-36,40,42,48-52,54-65,67-70,72-78H,3-34,37-39,41,43-47H2,1-2H3,(H,66,71)/b36-35+,42-40+. The summed E-state index contributed by atoms with van der Waals surface area (Å²) in [5.74, 6) is -0.294. The van der Waals surface area contributed by atoms with Crippen LogP contribution in [-0.4, -0.2) is 193 Å². The van der Waals surface area contributed by atoms with Crippen molar-refractivity contribution in [1.29, 1.82) is 0 Å². The smallest absolute Gasteiger partial charge is 0.220 e. The van der Waals surface area contributed by atoms with Crippen LogP contribution in [0.3, 0.4) is 0 Å². The lowest BCUT2D eigenvalue weighted by atomic mass is 9.96. The highest BCUT2D eigenvalue weighted by atomic mass is 16.8. The molecule has 3 fully saturated rings. The lowest BCUT2D eigenvalue weighted by Crippen LogP contribution is -2.66. The third kappa shape index (κ3) is 30.7. The van der Waals surface area contributed by atoms with Crippen molar-refractivity contribution < 1.29 is 89.4 Å². The number of aliphatic hydroxyl groups is 11. The van der Waals surface area contributed by atoms with E-state index in [0.29, 0.717) is 12.8 Å². The van der Waals surface area contributed by atoms with Gasteiger partial charge in [0.15, 0.2) is 18.9 Å². The number of unbranched alkanes of at least 4 members (excludes halogenated alkanes) is 33. The zero-order chi connectivity index (χ0) is 61.2. The Morgan fingerprint density at radius 2 is 0.762 bits per heavy atom. The summed E-state index contributed by atoms with van der Waals surface area (Å²) in [4.78, 5) is 13.1. The predicted molar refractivity (Wildman–Crippen MR) is 323 cm³/mol. The van der Waals surface area contributed by atoms with Gasteiger partial charge in [0.05, 0.1) is 38.6 Å². The van der Waals surface area contributed by atoms with E-state index >= 15 is 0 Å². The Morgan fingerprint density at radius 3 is 1.19 bits per heavy atom. The summed E-state index contributed by atoms with van der Waals surface area (Å²) in [6.07, 6.45) is 26.9. The number of allylic oxidation sites excluding steroid dienone is 3. The third-order valence-electron chi connectivity index (χ3n) is 17.0. The fourth-order valence-corrected chi connectivity index (χ4v) is 11.5. The largest absolute Gasteiger partial charge is 0.394 e. The van der Waals surface area contributed by atoms with E-state index in [-0.39, 0.29) is 18.9 Å². The molecule has 17 atom stereocenters. The summed E-state index contributed by atoms with van der Waals surface area (Å²) in [6.45, 7) is 1.64. The second-order valence-corrected chi connectivity index (χ2v) is 24.3. The average Bonchev–Trinajstić information content (AvgIpc) is 2.90. The van der Waals surface area contributed by atoms with Gasteiger partial charge in [0, 0.05) is 6.42 Å². The number of hydrogen-bond acceptors (Lipinski definition) is 18. The summed E-state index contributed by atoms with van der Waals surface area (Å²) in [7, 11) is 0. The molecule has 3 aliphatic rings. The highest BCUT2D eigenvalue weighted by Crippen LogP contribution is 2.33. The van der Waals surface area contributed by atoms with Crippen LogP contribution >= 0.6 is 0 Å². The minimum atomic E-state index is -1.98. The van der Waals surface area contributed by atoms with E-state index in [1.54, 1.807) is 6.08 Å². The van der Waals surface area contributed by atoms with E-state index < -0.39 is 124 Å². The Labute approximate surface area is 505 Å². The quantitative estimate of drug-likeness (QED) is 0.0204. The highest BCUT2D eigenvalue weighted by Gasteiger charge is 2.53. The zero-order valence-corrected chi connectivity index (χ0v) is 51.9. The van der Waals surface area contributed by atoms with Crippen molar-refractivity contribution in [3.63, 3.8) is 0 Å². The molecular weight excluding hydrogens is 1080 g/mol. The Balaban J connectivity index is 1.33. The van der Waals surface area contributed by atoms with Gasteiger partial charge >= 0.3 is 0 Å². The lowest BCUT2D eigenvalue weighted by Gasteiger charge is -2.48. The first-order chi connectivity index (χ1) is 40.8. The molecule has 84 heavy (non-hydrogen) atoms. The van der Waals surface area contributed by atoms with Gasteiger partial charge in [0.2, 0.25) is 5.91 Å². The molecule has 3 aliphatic heterocycles. The zero-order valence-electron chi connectivity index (χ0n) is 51.9. The van der Waals surface area contributed by atoms with Gasteiger partial charge in [-0.2, -0.15) is 0 Å². The van der Waals surface area contributed by atoms with E-state index in [1.807, 2.05) is 6.08 Å². The first-order valence-electron chi connectivity index (χ1n) is 33.6. The molecule has 0 saturated carbocycles. The maximum Gasteiger partial charge on any atom is 0.220 e. The SMILES string of the molecule is CCCCCCCCCCCCCCCCCCCCCCCCCCCCC/C=C/CC/C=C/C(O)C(COC1OC(CO)C(OC2OC(CO)C(OC3OC(CO)C(O)C(O)C3O)C(O)C2O)C(O)C1O)NC(=O)CCCCCCCC. The van der Waals surface area contributed by atoms with Crippen molar-refractivity contribution in [2.24, 2.45) is 0 Å². The second kappa shape index (κ2) is 48.2. The molecule has 494 valence electrons. The average molecular weight is 1200 g/mol. The number of amides is 1. The molecule has 0 spiro atoms. The molecule has 3 rings (SSSR count). The van der Waals surface area contributed by atoms with Crippen molar-refractivity contribution in [1.82, 2.24) is 5.32 Å². The Bertz CT molecular complexity index is 1630. The monoisotopic (exact) mass is 1200 g/mol. The van der Waals surface area contributed by atoms with E-state index in [4.69, 9.17) is 28.4 Å². The van der Waals surface area contributed by atoms with Crippen LogP contribution in [-0.2, 0) is 33.2 Å². The minimum absolute atomic E-state index is 0.234. The van der Waals surface area contributed by atoms with E-state index in [1.165, 1.54) is 167 Å². The van der Waals surface area contributed by atoms with Gasteiger partial charge in [-0.1, -0.05) is 237 Å². The Morgan fingerprint density at radius 1 is 0.417 bits per heavy atom. The van der Waals surface area contributed by atoms with E-state index in [2.05, 4.69) is 31.3 Å². The molecule has 0 aromatic rings. The van der Waals surface area contributed by atoms with Crippen molar-refractivity contribution in [2.75, 3.05) is 26.4 Å². The van der Waals surface area contributed by atoms with Crippen LogP contribution in [0.5, 0.6) is 0 Å². The molecule has 3 heterocycles. The van der Waals surface area contributed by atoms with Gasteiger partial charge < -0.3 is 89.9 Å².